The highest BCUT2D eigenvalue weighted by Crippen LogP contribution is 2.19. The summed E-state index contributed by atoms with van der Waals surface area (Å²) in [5.74, 6) is 1.67. The van der Waals surface area contributed by atoms with Gasteiger partial charge in [0.15, 0.2) is 0 Å². The lowest BCUT2D eigenvalue weighted by Gasteiger charge is -2.31. The molecular formula is C33H82N2. The Hall–Kier alpha value is -0.0800. The molecule has 224 valence electrons. The minimum absolute atomic E-state index is 0. The second-order valence-corrected chi connectivity index (χ2v) is 11.1. The maximum absolute atomic E-state index is 2.55. The Kier molecular flexibility index (Phi) is 56.6. The average molecular weight is 507 g/mol. The zero-order valence-electron chi connectivity index (χ0n) is 25.7. The summed E-state index contributed by atoms with van der Waals surface area (Å²) in [6.45, 7) is 33.1. The van der Waals surface area contributed by atoms with E-state index in [9.17, 15) is 0 Å². The van der Waals surface area contributed by atoms with Crippen molar-refractivity contribution >= 4 is 0 Å². The highest BCUT2D eigenvalue weighted by Gasteiger charge is 2.23. The Morgan fingerprint density at radius 1 is 0.457 bits per heavy atom. The van der Waals surface area contributed by atoms with Gasteiger partial charge in [-0.3, -0.25) is 4.90 Å². The maximum atomic E-state index is 2.55. The van der Waals surface area contributed by atoms with Gasteiger partial charge in [-0.1, -0.05) is 124 Å². The molecule has 0 aromatic heterocycles. The smallest absolute Gasteiger partial charge is 0.0125 e. The van der Waals surface area contributed by atoms with Crippen molar-refractivity contribution in [2.75, 3.05) is 33.2 Å². The molecule has 2 nitrogen and oxygen atoms in total. The quantitative estimate of drug-likeness (QED) is 0.322. The van der Waals surface area contributed by atoms with Gasteiger partial charge in [-0.05, 0) is 91.5 Å². The number of rotatable bonds is 0. The topological polar surface area (TPSA) is 6.48 Å². The van der Waals surface area contributed by atoms with E-state index in [1.807, 2.05) is 27.7 Å². The van der Waals surface area contributed by atoms with Crippen molar-refractivity contribution in [1.82, 2.24) is 9.80 Å². The van der Waals surface area contributed by atoms with E-state index < -0.39 is 0 Å². The zero-order valence-corrected chi connectivity index (χ0v) is 25.7. The van der Waals surface area contributed by atoms with Gasteiger partial charge in [-0.15, -0.1) is 0 Å². The lowest BCUT2D eigenvalue weighted by atomic mass is 10.1. The lowest BCUT2D eigenvalue weighted by molar-refractivity contribution is 0.175. The third-order valence-electron chi connectivity index (χ3n) is 4.63. The normalized spacial score (nSPS) is 16.1. The summed E-state index contributed by atoms with van der Waals surface area (Å²) >= 11 is 0. The first kappa shape index (κ1) is 51.5. The molecule has 0 unspecified atom stereocenters. The van der Waals surface area contributed by atoms with Crippen LogP contribution in [0.4, 0.5) is 0 Å². The summed E-state index contributed by atoms with van der Waals surface area (Å²) in [7, 11) is 2.17. The molecule has 0 radical (unpaired) electrons. The van der Waals surface area contributed by atoms with E-state index in [1.54, 1.807) is 0 Å². The number of nitrogens with zero attached hydrogens (tertiary/aromatic N) is 2. The molecule has 0 N–H and O–H groups in total. The summed E-state index contributed by atoms with van der Waals surface area (Å²) < 4.78 is 0. The Morgan fingerprint density at radius 3 is 0.771 bits per heavy atom. The van der Waals surface area contributed by atoms with Crippen LogP contribution in [0.3, 0.4) is 0 Å². The highest BCUT2D eigenvalue weighted by atomic mass is 15.2. The van der Waals surface area contributed by atoms with Crippen molar-refractivity contribution in [2.45, 2.75) is 176 Å². The zero-order chi connectivity index (χ0) is 26.0. The summed E-state index contributed by atoms with van der Waals surface area (Å²) in [6.07, 6.45) is 13.1. The molecule has 1 saturated carbocycles. The average Bonchev–Trinajstić information content (AvgIpc) is 3.48. The van der Waals surface area contributed by atoms with Crippen LogP contribution in [0, 0.1) is 11.8 Å². The van der Waals surface area contributed by atoms with E-state index in [0.29, 0.717) is 5.54 Å². The van der Waals surface area contributed by atoms with Crippen LogP contribution in [-0.4, -0.2) is 48.6 Å². The Morgan fingerprint density at radius 2 is 0.657 bits per heavy atom. The Labute approximate surface area is 230 Å². The molecule has 2 heteroatoms. The molecule has 0 atom stereocenters. The minimum atomic E-state index is 0. The van der Waals surface area contributed by atoms with Gasteiger partial charge in [0, 0.05) is 5.54 Å². The molecule has 0 bridgehead atoms. The van der Waals surface area contributed by atoms with Crippen molar-refractivity contribution in [1.29, 1.82) is 0 Å². The van der Waals surface area contributed by atoms with Crippen LogP contribution in [-0.2, 0) is 0 Å². The van der Waals surface area contributed by atoms with Crippen molar-refractivity contribution in [3.63, 3.8) is 0 Å². The fraction of sp³-hybridized carbons (Fsp3) is 1.00. The monoisotopic (exact) mass is 507 g/mol. The van der Waals surface area contributed by atoms with E-state index in [4.69, 9.17) is 0 Å². The Balaban J connectivity index is -0.0000000545. The number of likely N-dealkylation sites (tertiary alicyclic amines) is 2. The summed E-state index contributed by atoms with van der Waals surface area (Å²) in [4.78, 5) is 4.91. The maximum Gasteiger partial charge on any atom is 0.0125 e. The molecule has 0 spiro atoms. The van der Waals surface area contributed by atoms with Crippen LogP contribution < -0.4 is 0 Å². The van der Waals surface area contributed by atoms with Gasteiger partial charge in [0.2, 0.25) is 0 Å². The summed E-state index contributed by atoms with van der Waals surface area (Å²) in [6, 6.07) is 0. The molecule has 0 aromatic carbocycles. The largest absolute Gasteiger partial charge is 0.306 e. The first-order valence-corrected chi connectivity index (χ1v) is 14.4. The van der Waals surface area contributed by atoms with Gasteiger partial charge in [0.05, 0.1) is 0 Å². The van der Waals surface area contributed by atoms with Gasteiger partial charge in [-0.2, -0.15) is 0 Å². The van der Waals surface area contributed by atoms with Crippen molar-refractivity contribution in [2.24, 2.45) is 11.8 Å². The molecule has 1 aliphatic carbocycles. The fourth-order valence-electron chi connectivity index (χ4n) is 3.15. The van der Waals surface area contributed by atoms with E-state index in [2.05, 4.69) is 79.2 Å². The third kappa shape index (κ3) is 55.7. The first-order chi connectivity index (χ1) is 15.0. The van der Waals surface area contributed by atoms with Crippen LogP contribution in [0.25, 0.3) is 0 Å². The second-order valence-electron chi connectivity index (χ2n) is 11.1. The molecule has 2 heterocycles. The first-order valence-electron chi connectivity index (χ1n) is 14.4. The fourth-order valence-corrected chi connectivity index (χ4v) is 3.15. The molecule has 35 heavy (non-hydrogen) atoms. The van der Waals surface area contributed by atoms with Crippen molar-refractivity contribution in [3.05, 3.63) is 0 Å². The van der Waals surface area contributed by atoms with Gasteiger partial charge < -0.3 is 4.90 Å². The molecule has 0 aromatic rings. The van der Waals surface area contributed by atoms with E-state index in [1.165, 1.54) is 84.0 Å². The number of hydrogen-bond acceptors (Lipinski definition) is 2. The standard InChI is InChI=1S/C8H17N.C5H11N.C5H10.2C4H10.2C2H6.3CH4/c1-8(2,3)9-6-4-5-7-9;1-6-4-2-3-5-6;1-2-4-5-3-1;2*1-4(2)3;2*1-2;;;/h4-7H2,1-3H3;2-5H2,1H3;1-5H2;2*4H,1-3H3;2*1-2H3;3*1H4. The minimum Gasteiger partial charge on any atom is -0.306 e. The van der Waals surface area contributed by atoms with Crippen molar-refractivity contribution < 1.29 is 0 Å². The SMILES string of the molecule is C.C.C.C1CCCC1.CC.CC.CC(C)(C)N1CCCC1.CC(C)C.CC(C)C.CN1CCCC1. The molecule has 0 amide bonds. The van der Waals surface area contributed by atoms with Gasteiger partial charge in [-0.25, -0.2) is 0 Å². The van der Waals surface area contributed by atoms with Crippen LogP contribution in [0.2, 0.25) is 0 Å². The molecule has 2 aliphatic heterocycles. The Bertz CT molecular complexity index is 270. The van der Waals surface area contributed by atoms with Gasteiger partial charge in [0.25, 0.3) is 0 Å². The second kappa shape index (κ2) is 38.5. The number of hydrogen-bond donors (Lipinski definition) is 0. The van der Waals surface area contributed by atoms with Gasteiger partial charge >= 0.3 is 0 Å². The molecule has 3 aliphatic rings. The van der Waals surface area contributed by atoms with E-state index >= 15 is 0 Å². The molecule has 3 rings (SSSR count). The van der Waals surface area contributed by atoms with Crippen LogP contribution >= 0.6 is 0 Å². The highest BCUT2D eigenvalue weighted by molar-refractivity contribution is 4.79. The molecule has 2 saturated heterocycles. The van der Waals surface area contributed by atoms with E-state index in [0.717, 1.165) is 11.8 Å². The third-order valence-corrected chi connectivity index (χ3v) is 4.63. The molecule has 3 fully saturated rings. The summed E-state index contributed by atoms with van der Waals surface area (Å²) in [5.41, 5.74) is 0.413. The lowest BCUT2D eigenvalue weighted by Crippen LogP contribution is -2.38. The van der Waals surface area contributed by atoms with Gasteiger partial charge in [0.1, 0.15) is 0 Å². The summed E-state index contributed by atoms with van der Waals surface area (Å²) in [5, 5.41) is 0. The van der Waals surface area contributed by atoms with Crippen LogP contribution in [0.5, 0.6) is 0 Å². The predicted octanol–water partition coefficient (Wildman–Crippen LogP) is 11.8. The van der Waals surface area contributed by atoms with Crippen LogP contribution in [0.1, 0.15) is 170 Å². The van der Waals surface area contributed by atoms with Crippen molar-refractivity contribution in [3.8, 4) is 0 Å². The van der Waals surface area contributed by atoms with Crippen LogP contribution in [0.15, 0.2) is 0 Å². The molecular weight excluding hydrogens is 424 g/mol. The van der Waals surface area contributed by atoms with E-state index in [-0.39, 0.29) is 22.3 Å². The predicted molar refractivity (Wildman–Crippen MR) is 174 cm³/mol.